The lowest BCUT2D eigenvalue weighted by Gasteiger charge is -2.24. The number of alkyl halides is 3. The van der Waals surface area contributed by atoms with Gasteiger partial charge in [-0.3, -0.25) is 0 Å². The van der Waals surface area contributed by atoms with E-state index in [4.69, 9.17) is 9.47 Å². The van der Waals surface area contributed by atoms with Crippen LogP contribution in [-0.2, 0) is 9.53 Å². The Bertz CT molecular complexity index is 446. The first kappa shape index (κ1) is 16.7. The lowest BCUT2D eigenvalue weighted by molar-refractivity contribution is -0.140. The molecule has 0 amide bonds. The fraction of sp³-hybridized carbons (Fsp3) is 0.308. The molecule has 1 aromatic rings. The summed E-state index contributed by atoms with van der Waals surface area (Å²) >= 11 is 10.1. The number of rotatable bonds is 6. The van der Waals surface area contributed by atoms with Crippen LogP contribution >= 0.6 is 47.8 Å². The number of halogens is 3. The number of carbonyl (C=O) groups is 1. The highest BCUT2D eigenvalue weighted by molar-refractivity contribution is 9.25. The third-order valence-electron chi connectivity index (χ3n) is 1.99. The molecule has 0 bridgehead atoms. The van der Waals surface area contributed by atoms with Crippen molar-refractivity contribution in [3.63, 3.8) is 0 Å². The van der Waals surface area contributed by atoms with Crippen LogP contribution in [0.25, 0.3) is 0 Å². The molecule has 6 heteroatoms. The van der Waals surface area contributed by atoms with Gasteiger partial charge in [-0.2, -0.15) is 0 Å². The van der Waals surface area contributed by atoms with Gasteiger partial charge >= 0.3 is 5.97 Å². The van der Waals surface area contributed by atoms with Crippen LogP contribution < -0.4 is 4.74 Å². The molecule has 19 heavy (non-hydrogen) atoms. The Morgan fingerprint density at radius 1 is 1.37 bits per heavy atom. The van der Waals surface area contributed by atoms with Crippen molar-refractivity contribution in [3.05, 3.63) is 42.5 Å². The molecule has 0 saturated carbocycles. The number of hydrogen-bond acceptors (Lipinski definition) is 3. The maximum atomic E-state index is 11.4. The van der Waals surface area contributed by atoms with Crippen LogP contribution in [0.15, 0.2) is 42.5 Å². The van der Waals surface area contributed by atoms with Gasteiger partial charge in [-0.25, -0.2) is 4.79 Å². The van der Waals surface area contributed by atoms with Crippen molar-refractivity contribution in [3.8, 4) is 5.75 Å². The lowest BCUT2D eigenvalue weighted by atomic mass is 10.3. The topological polar surface area (TPSA) is 35.5 Å². The maximum Gasteiger partial charge on any atom is 0.334 e. The molecule has 0 N–H and O–H groups in total. The van der Waals surface area contributed by atoms with E-state index in [0.29, 0.717) is 17.7 Å². The van der Waals surface area contributed by atoms with Gasteiger partial charge in [-0.15, -0.1) is 0 Å². The first-order chi connectivity index (χ1) is 8.80. The molecule has 104 valence electrons. The molecule has 0 aromatic heterocycles. The van der Waals surface area contributed by atoms with E-state index < -0.39 is 14.4 Å². The minimum Gasteiger partial charge on any atom is -0.466 e. The number of benzene rings is 1. The van der Waals surface area contributed by atoms with Crippen molar-refractivity contribution in [1.29, 1.82) is 0 Å². The quantitative estimate of drug-likeness (QED) is 0.352. The van der Waals surface area contributed by atoms with E-state index in [0.717, 1.165) is 0 Å². The zero-order valence-corrected chi connectivity index (χ0v) is 15.0. The van der Waals surface area contributed by atoms with Crippen molar-refractivity contribution in [2.24, 2.45) is 0 Å². The predicted octanol–water partition coefficient (Wildman–Crippen LogP) is 4.74. The predicted molar refractivity (Wildman–Crippen MR) is 85.9 cm³/mol. The van der Waals surface area contributed by atoms with Gasteiger partial charge in [0.05, 0.1) is 6.42 Å². The Morgan fingerprint density at radius 3 is 2.47 bits per heavy atom. The smallest absolute Gasteiger partial charge is 0.334 e. The van der Waals surface area contributed by atoms with Gasteiger partial charge in [-0.1, -0.05) is 24.8 Å². The molecular weight excluding hydrogens is 444 g/mol. The summed E-state index contributed by atoms with van der Waals surface area (Å²) in [7, 11) is 0. The fourth-order valence-electron chi connectivity index (χ4n) is 1.15. The zero-order valence-electron chi connectivity index (χ0n) is 10.2. The highest BCUT2D eigenvalue weighted by Gasteiger charge is 2.30. The van der Waals surface area contributed by atoms with Crippen molar-refractivity contribution >= 4 is 53.8 Å². The Hall–Kier alpha value is -0.330. The standard InChI is InChI=1S/C13H13Br3O3/c1-9(2)12(17)18-11(14)8-13(15,16)19-10-6-4-3-5-7-10/h3-7,11H,1,8H2,2H3. The minimum atomic E-state index is -0.828. The Labute approximate surface area is 137 Å². The number of esters is 1. The summed E-state index contributed by atoms with van der Waals surface area (Å²) in [5, 5.41) is -0.501. The number of carbonyl (C=O) groups excluding carboxylic acids is 1. The average Bonchev–Trinajstić information content (AvgIpc) is 2.28. The van der Waals surface area contributed by atoms with Crippen LogP contribution in [0.4, 0.5) is 0 Å². The molecule has 0 fully saturated rings. The van der Waals surface area contributed by atoms with E-state index in [2.05, 4.69) is 54.4 Å². The van der Waals surface area contributed by atoms with Crippen molar-refractivity contribution < 1.29 is 14.3 Å². The van der Waals surface area contributed by atoms with E-state index >= 15 is 0 Å². The third-order valence-corrected chi connectivity index (χ3v) is 3.47. The first-order valence-electron chi connectivity index (χ1n) is 5.42. The zero-order chi connectivity index (χ0) is 14.5. The third kappa shape index (κ3) is 6.58. The molecule has 0 spiro atoms. The molecule has 1 atom stereocenters. The Kier molecular flexibility index (Phi) is 6.56. The first-order valence-corrected chi connectivity index (χ1v) is 7.93. The molecule has 3 nitrogen and oxygen atoms in total. The van der Waals surface area contributed by atoms with Crippen LogP contribution in [0.5, 0.6) is 5.75 Å². The second-order valence-electron chi connectivity index (χ2n) is 3.85. The maximum absolute atomic E-state index is 11.4. The summed E-state index contributed by atoms with van der Waals surface area (Å²) in [5.41, 5.74) is 0.350. The van der Waals surface area contributed by atoms with Crippen LogP contribution in [0.3, 0.4) is 0 Å². The largest absolute Gasteiger partial charge is 0.466 e. The molecule has 0 aliphatic heterocycles. The molecule has 0 saturated heterocycles. The van der Waals surface area contributed by atoms with Gasteiger partial charge in [0.1, 0.15) is 5.75 Å². The van der Waals surface area contributed by atoms with E-state index in [9.17, 15) is 4.79 Å². The molecule has 0 aliphatic rings. The molecule has 1 aromatic carbocycles. The van der Waals surface area contributed by atoms with E-state index in [1.165, 1.54) is 0 Å². The summed E-state index contributed by atoms with van der Waals surface area (Å²) in [6, 6.07) is 9.32. The van der Waals surface area contributed by atoms with Crippen LogP contribution in [0.2, 0.25) is 0 Å². The average molecular weight is 457 g/mol. The van der Waals surface area contributed by atoms with E-state index in [-0.39, 0.29) is 0 Å². The highest BCUT2D eigenvalue weighted by Crippen LogP contribution is 2.36. The molecule has 0 aliphatic carbocycles. The minimum absolute atomic E-state index is 0.350. The summed E-state index contributed by atoms with van der Waals surface area (Å²) in [6.07, 6.45) is 0.362. The monoisotopic (exact) mass is 454 g/mol. The van der Waals surface area contributed by atoms with Crippen LogP contribution in [0.1, 0.15) is 13.3 Å². The fourth-order valence-corrected chi connectivity index (χ4v) is 3.60. The summed E-state index contributed by atoms with van der Waals surface area (Å²) in [6.45, 7) is 5.12. The summed E-state index contributed by atoms with van der Waals surface area (Å²) in [5.74, 6) is 0.250. The van der Waals surface area contributed by atoms with Gasteiger partial charge in [0, 0.05) is 5.57 Å². The normalized spacial score (nSPS) is 12.6. The van der Waals surface area contributed by atoms with Gasteiger partial charge < -0.3 is 9.47 Å². The Morgan fingerprint density at radius 2 is 1.95 bits per heavy atom. The molecule has 1 rings (SSSR count). The van der Waals surface area contributed by atoms with Crippen molar-refractivity contribution in [2.45, 2.75) is 21.8 Å². The summed E-state index contributed by atoms with van der Waals surface area (Å²) in [4.78, 5) is 11.4. The molecule has 1 unspecified atom stereocenters. The molecule has 0 heterocycles. The van der Waals surface area contributed by atoms with Gasteiger partial charge in [-0.05, 0) is 66.8 Å². The second-order valence-corrected chi connectivity index (χ2v) is 8.50. The van der Waals surface area contributed by atoms with E-state index in [1.807, 2.05) is 30.3 Å². The van der Waals surface area contributed by atoms with Gasteiger partial charge in [0.25, 0.3) is 0 Å². The number of hydrogen-bond donors (Lipinski definition) is 0. The Balaban J connectivity index is 2.54. The SMILES string of the molecule is C=C(C)C(=O)OC(Br)CC(Br)(Br)Oc1ccccc1. The lowest BCUT2D eigenvalue weighted by Crippen LogP contribution is -2.27. The van der Waals surface area contributed by atoms with Crippen molar-refractivity contribution in [2.75, 3.05) is 0 Å². The summed E-state index contributed by atoms with van der Waals surface area (Å²) < 4.78 is 10.00. The molecule has 0 radical (unpaired) electrons. The number of ether oxygens (including phenoxy) is 2. The highest BCUT2D eigenvalue weighted by atomic mass is 79.9. The number of para-hydroxylation sites is 1. The van der Waals surface area contributed by atoms with Crippen molar-refractivity contribution in [1.82, 2.24) is 0 Å². The second kappa shape index (κ2) is 7.45. The van der Waals surface area contributed by atoms with E-state index in [1.54, 1.807) is 6.92 Å². The van der Waals surface area contributed by atoms with Gasteiger partial charge in [0.2, 0.25) is 3.42 Å². The molecular formula is C13H13Br3O3. The van der Waals surface area contributed by atoms with Crippen LogP contribution in [-0.4, -0.2) is 14.4 Å². The van der Waals surface area contributed by atoms with Crippen LogP contribution in [0, 0.1) is 0 Å². The van der Waals surface area contributed by atoms with Gasteiger partial charge in [0.15, 0.2) is 5.01 Å².